The van der Waals surface area contributed by atoms with Crippen LogP contribution < -0.4 is 20.3 Å². The first-order chi connectivity index (χ1) is 19.1. The largest absolute Gasteiger partial charge is 0.461 e. The third-order valence-corrected chi connectivity index (χ3v) is 12.3. The molecular formula is C26H33FN8O3S2. The number of anilines is 3. The van der Waals surface area contributed by atoms with E-state index < -0.39 is 27.3 Å². The molecule has 3 N–H and O–H groups in total. The standard InChI is InChI=1S/C26H33FN8O3S2/c1-24(36)4-2-6-33(12-24)21-30-22(32-23(31-21)38-15-25-5-3-7-35(25)10-16(27)8-25)34-13-26(14-34)19-17(9-28)20(29)39-18(19)11-40(26)37/h16,36H,2-8,10-15,29H2,1H3/t16-,24-,25+,40?/m1/s1. The van der Waals surface area contributed by atoms with Crippen LogP contribution >= 0.6 is 11.3 Å². The van der Waals surface area contributed by atoms with E-state index in [4.69, 9.17) is 15.5 Å². The molecule has 5 aliphatic heterocycles. The number of fused-ring (bicyclic) bond motifs is 3. The van der Waals surface area contributed by atoms with Crippen molar-refractivity contribution in [1.29, 1.82) is 5.26 Å². The Balaban J connectivity index is 1.18. The maximum absolute atomic E-state index is 14.3. The maximum atomic E-state index is 14.3. The van der Waals surface area contributed by atoms with Crippen LogP contribution in [-0.4, -0.2) is 92.4 Å². The molecule has 4 saturated heterocycles. The second-order valence-corrected chi connectivity index (χ2v) is 15.1. The Morgan fingerprint density at radius 2 is 1.95 bits per heavy atom. The summed E-state index contributed by atoms with van der Waals surface area (Å²) < 4.78 is 33.1. The number of nitriles is 1. The van der Waals surface area contributed by atoms with Gasteiger partial charge in [0, 0.05) is 60.4 Å². The summed E-state index contributed by atoms with van der Waals surface area (Å²) in [6.45, 7) is 5.26. The fraction of sp³-hybridized carbons (Fsp3) is 0.692. The molecule has 1 unspecified atom stereocenters. The van der Waals surface area contributed by atoms with Gasteiger partial charge in [-0.1, -0.05) is 0 Å². The third kappa shape index (κ3) is 4.07. The maximum Gasteiger partial charge on any atom is 0.323 e. The number of aromatic nitrogens is 3. The van der Waals surface area contributed by atoms with Gasteiger partial charge < -0.3 is 25.4 Å². The van der Waals surface area contributed by atoms with E-state index in [1.165, 1.54) is 11.3 Å². The highest BCUT2D eigenvalue weighted by Gasteiger charge is 2.57. The SMILES string of the molecule is C[C@@]1(O)CCCN(c2nc(OC[C@@]34CCCN3C[C@H](F)C4)nc(N3CC4(C3)c3c(sc(N)c3C#N)CS4=O)n2)C1. The normalized spacial score (nSPS) is 32.6. The number of ether oxygens (including phenoxy) is 1. The van der Waals surface area contributed by atoms with Crippen molar-refractivity contribution < 1.29 is 18.4 Å². The van der Waals surface area contributed by atoms with E-state index in [1.54, 1.807) is 0 Å². The van der Waals surface area contributed by atoms with E-state index in [9.17, 15) is 19.0 Å². The summed E-state index contributed by atoms with van der Waals surface area (Å²) in [5.74, 6) is 1.22. The van der Waals surface area contributed by atoms with Crippen molar-refractivity contribution in [3.05, 3.63) is 16.0 Å². The van der Waals surface area contributed by atoms with Crippen molar-refractivity contribution in [3.63, 3.8) is 0 Å². The van der Waals surface area contributed by atoms with Crippen molar-refractivity contribution in [1.82, 2.24) is 19.9 Å². The molecule has 0 aliphatic carbocycles. The Morgan fingerprint density at radius 3 is 2.70 bits per heavy atom. The molecule has 0 radical (unpaired) electrons. The van der Waals surface area contributed by atoms with Gasteiger partial charge in [0.2, 0.25) is 11.9 Å². The molecule has 0 saturated carbocycles. The molecule has 4 atom stereocenters. The predicted molar refractivity (Wildman–Crippen MR) is 150 cm³/mol. The van der Waals surface area contributed by atoms with E-state index in [2.05, 4.69) is 20.9 Å². The molecule has 40 heavy (non-hydrogen) atoms. The smallest absolute Gasteiger partial charge is 0.323 e. The molecule has 5 aliphatic rings. The summed E-state index contributed by atoms with van der Waals surface area (Å²) in [5.41, 5.74) is 6.15. The number of halogens is 1. The van der Waals surface area contributed by atoms with Crippen LogP contribution in [0.5, 0.6) is 6.01 Å². The van der Waals surface area contributed by atoms with Crippen LogP contribution in [0.2, 0.25) is 0 Å². The summed E-state index contributed by atoms with van der Waals surface area (Å²) in [6, 6.07) is 2.38. The first-order valence-corrected chi connectivity index (χ1v) is 16.0. The number of rotatable bonds is 5. The molecule has 14 heteroatoms. The van der Waals surface area contributed by atoms with Gasteiger partial charge in [-0.25, -0.2) is 4.39 Å². The van der Waals surface area contributed by atoms with E-state index in [1.807, 2.05) is 16.7 Å². The molecule has 214 valence electrons. The van der Waals surface area contributed by atoms with Crippen molar-refractivity contribution in [2.24, 2.45) is 0 Å². The van der Waals surface area contributed by atoms with Crippen molar-refractivity contribution in [2.45, 2.75) is 66.8 Å². The number of piperidine rings is 1. The topological polar surface area (TPSA) is 145 Å². The number of nitrogens with zero attached hydrogens (tertiary/aromatic N) is 7. The van der Waals surface area contributed by atoms with Crippen molar-refractivity contribution in [2.75, 3.05) is 61.4 Å². The van der Waals surface area contributed by atoms with Gasteiger partial charge in [0.1, 0.15) is 28.6 Å². The van der Waals surface area contributed by atoms with Crippen LogP contribution in [0.25, 0.3) is 0 Å². The molecule has 11 nitrogen and oxygen atoms in total. The van der Waals surface area contributed by atoms with E-state index >= 15 is 0 Å². The van der Waals surface area contributed by atoms with Gasteiger partial charge in [-0.05, 0) is 39.2 Å². The highest BCUT2D eigenvalue weighted by molar-refractivity contribution is 7.86. The molecule has 0 aromatic carbocycles. The Hall–Kier alpha value is -2.60. The highest BCUT2D eigenvalue weighted by atomic mass is 32.2. The predicted octanol–water partition coefficient (Wildman–Crippen LogP) is 1.67. The minimum atomic E-state index is -1.18. The average Bonchev–Trinajstić information content (AvgIpc) is 3.57. The van der Waals surface area contributed by atoms with Gasteiger partial charge in [0.05, 0.1) is 22.5 Å². The quantitative estimate of drug-likeness (QED) is 0.526. The van der Waals surface area contributed by atoms with Gasteiger partial charge in [0.25, 0.3) is 0 Å². The number of nitrogen functional groups attached to an aromatic ring is 1. The second kappa shape index (κ2) is 9.20. The second-order valence-electron chi connectivity index (χ2n) is 12.2. The fourth-order valence-corrected chi connectivity index (χ4v) is 10.5. The molecule has 4 fully saturated rings. The van der Waals surface area contributed by atoms with Gasteiger partial charge in [-0.15, -0.1) is 11.3 Å². The van der Waals surface area contributed by atoms with E-state index in [0.717, 1.165) is 36.2 Å². The molecule has 0 amide bonds. The fourth-order valence-electron chi connectivity index (χ4n) is 7.30. The number of hydrogen-bond donors (Lipinski definition) is 2. The number of β-amino-alcohol motifs (C(OH)–C–C–N with tert-alkyl or cyclic N) is 1. The number of aliphatic hydroxyl groups is 1. The summed E-state index contributed by atoms with van der Waals surface area (Å²) in [6.07, 6.45) is 2.97. The molecular weight excluding hydrogens is 555 g/mol. The lowest BCUT2D eigenvalue weighted by atomic mass is 9.88. The van der Waals surface area contributed by atoms with Gasteiger partial charge in [0.15, 0.2) is 0 Å². The van der Waals surface area contributed by atoms with Crippen LogP contribution in [0.4, 0.5) is 21.3 Å². The summed E-state index contributed by atoms with van der Waals surface area (Å²) in [5, 5.41) is 20.9. The first kappa shape index (κ1) is 26.3. The molecule has 2 aromatic rings. The molecule has 2 aromatic heterocycles. The van der Waals surface area contributed by atoms with Crippen LogP contribution in [0, 0.1) is 11.3 Å². The highest BCUT2D eigenvalue weighted by Crippen LogP contribution is 2.52. The zero-order chi connectivity index (χ0) is 27.9. The zero-order valence-corrected chi connectivity index (χ0v) is 24.1. The summed E-state index contributed by atoms with van der Waals surface area (Å²) in [4.78, 5) is 21.1. The number of alkyl halides is 1. The average molecular weight is 589 g/mol. The summed E-state index contributed by atoms with van der Waals surface area (Å²) in [7, 11) is -1.18. The van der Waals surface area contributed by atoms with Gasteiger partial charge in [-0.3, -0.25) is 9.11 Å². The van der Waals surface area contributed by atoms with Crippen LogP contribution in [0.15, 0.2) is 0 Å². The van der Waals surface area contributed by atoms with Crippen LogP contribution in [0.1, 0.15) is 55.0 Å². The third-order valence-electron chi connectivity index (χ3n) is 9.23. The van der Waals surface area contributed by atoms with E-state index in [0.29, 0.717) is 80.4 Å². The molecule has 1 spiro atoms. The van der Waals surface area contributed by atoms with Gasteiger partial charge in [-0.2, -0.15) is 20.2 Å². The Kier molecular flexibility index (Phi) is 6.05. The molecule has 7 heterocycles. The monoisotopic (exact) mass is 588 g/mol. The minimum absolute atomic E-state index is 0.167. The van der Waals surface area contributed by atoms with Crippen LogP contribution in [-0.2, 0) is 21.3 Å². The molecule has 7 rings (SSSR count). The lowest BCUT2D eigenvalue weighted by molar-refractivity contribution is 0.0443. The van der Waals surface area contributed by atoms with E-state index in [-0.39, 0.29) is 11.5 Å². The van der Waals surface area contributed by atoms with Crippen LogP contribution in [0.3, 0.4) is 0 Å². The Morgan fingerprint density at radius 1 is 1.20 bits per heavy atom. The first-order valence-electron chi connectivity index (χ1n) is 13.8. The zero-order valence-electron chi connectivity index (χ0n) is 22.4. The number of nitrogens with two attached hydrogens (primary N) is 1. The number of hydrogen-bond acceptors (Lipinski definition) is 12. The number of thiophene rings is 1. The van der Waals surface area contributed by atoms with Gasteiger partial charge >= 0.3 is 6.01 Å². The lowest BCUT2D eigenvalue weighted by Gasteiger charge is -2.47. The lowest BCUT2D eigenvalue weighted by Crippen LogP contribution is -2.61. The minimum Gasteiger partial charge on any atom is -0.461 e. The van der Waals surface area contributed by atoms with Crippen molar-refractivity contribution in [3.8, 4) is 12.1 Å². The molecule has 0 bridgehead atoms. The Bertz CT molecular complexity index is 1420. The van der Waals surface area contributed by atoms with Crippen molar-refractivity contribution >= 4 is 39.0 Å². The Labute approximate surface area is 238 Å². The summed E-state index contributed by atoms with van der Waals surface area (Å²) >= 11 is 1.35.